The van der Waals surface area contributed by atoms with Gasteiger partial charge in [0.05, 0.1) is 12.1 Å². The normalized spacial score (nSPS) is 13.4. The Kier molecular flexibility index (Phi) is 5.20. The monoisotopic (exact) mass is 294 g/mol. The number of aromatic carboxylic acids is 1. The number of nitrogens with zero attached hydrogens (tertiary/aromatic N) is 1. The van der Waals surface area contributed by atoms with Crippen molar-refractivity contribution < 1.29 is 23.1 Å². The van der Waals surface area contributed by atoms with E-state index in [4.69, 9.17) is 9.84 Å². The molecule has 1 rings (SSSR count). The number of rotatable bonds is 7. The van der Waals surface area contributed by atoms with E-state index in [9.17, 15) is 13.2 Å². The summed E-state index contributed by atoms with van der Waals surface area (Å²) in [4.78, 5) is 14.3. The second-order valence-electron chi connectivity index (χ2n) is 3.48. The molecule has 102 valence electrons. The van der Waals surface area contributed by atoms with Gasteiger partial charge >= 0.3 is 5.97 Å². The molecule has 0 saturated heterocycles. The Labute approximate surface area is 109 Å². The molecule has 1 aromatic heterocycles. The first-order valence-corrected chi connectivity index (χ1v) is 7.51. The van der Waals surface area contributed by atoms with Crippen molar-refractivity contribution in [3.05, 3.63) is 11.2 Å². The van der Waals surface area contributed by atoms with Crippen LogP contribution in [-0.4, -0.2) is 43.7 Å². The maximum atomic E-state index is 11.9. The molecule has 1 unspecified atom stereocenters. The van der Waals surface area contributed by atoms with Crippen molar-refractivity contribution in [2.75, 3.05) is 13.2 Å². The van der Waals surface area contributed by atoms with Crippen LogP contribution in [0.25, 0.3) is 0 Å². The maximum absolute atomic E-state index is 11.9. The van der Waals surface area contributed by atoms with Crippen molar-refractivity contribution in [3.8, 4) is 0 Å². The van der Waals surface area contributed by atoms with Gasteiger partial charge in [-0.2, -0.15) is 0 Å². The highest BCUT2D eigenvalue weighted by atomic mass is 32.2. The summed E-state index contributed by atoms with van der Waals surface area (Å²) in [6, 6.07) is -0.446. The van der Waals surface area contributed by atoms with Crippen molar-refractivity contribution in [1.82, 2.24) is 9.71 Å². The van der Waals surface area contributed by atoms with E-state index in [1.165, 1.54) is 5.51 Å². The molecule has 0 spiro atoms. The van der Waals surface area contributed by atoms with Crippen LogP contribution in [0.2, 0.25) is 0 Å². The zero-order chi connectivity index (χ0) is 13.8. The van der Waals surface area contributed by atoms with Crippen molar-refractivity contribution in [3.63, 3.8) is 0 Å². The fourth-order valence-corrected chi connectivity index (χ4v) is 3.60. The SMILES string of the molecule is CCOCC(C)NS(=O)(=O)c1scnc1C(=O)O. The van der Waals surface area contributed by atoms with Gasteiger partial charge in [0, 0.05) is 12.6 Å². The first kappa shape index (κ1) is 15.0. The number of nitrogens with one attached hydrogen (secondary N) is 1. The molecule has 0 bridgehead atoms. The third-order valence-corrected chi connectivity index (χ3v) is 4.87. The van der Waals surface area contributed by atoms with Gasteiger partial charge in [-0.1, -0.05) is 0 Å². The zero-order valence-electron chi connectivity index (χ0n) is 9.91. The van der Waals surface area contributed by atoms with E-state index in [1.807, 2.05) is 0 Å². The molecule has 2 N–H and O–H groups in total. The molecule has 0 radical (unpaired) electrons. The summed E-state index contributed by atoms with van der Waals surface area (Å²) in [6.45, 7) is 4.13. The molecule has 0 amide bonds. The summed E-state index contributed by atoms with van der Waals surface area (Å²) in [5.74, 6) is -1.37. The van der Waals surface area contributed by atoms with E-state index < -0.39 is 27.7 Å². The molecule has 0 aromatic carbocycles. The minimum absolute atomic E-state index is 0.219. The molecule has 18 heavy (non-hydrogen) atoms. The van der Waals surface area contributed by atoms with E-state index in [0.717, 1.165) is 11.3 Å². The number of ether oxygens (including phenoxy) is 1. The minimum Gasteiger partial charge on any atom is -0.476 e. The van der Waals surface area contributed by atoms with E-state index in [1.54, 1.807) is 13.8 Å². The van der Waals surface area contributed by atoms with Crippen molar-refractivity contribution in [2.24, 2.45) is 0 Å². The van der Waals surface area contributed by atoms with Crippen molar-refractivity contribution in [2.45, 2.75) is 24.1 Å². The summed E-state index contributed by atoms with van der Waals surface area (Å²) in [6.07, 6.45) is 0. The third kappa shape index (κ3) is 3.73. The smallest absolute Gasteiger partial charge is 0.356 e. The largest absolute Gasteiger partial charge is 0.476 e. The lowest BCUT2D eigenvalue weighted by Gasteiger charge is -2.13. The van der Waals surface area contributed by atoms with Crippen LogP contribution in [0, 0.1) is 0 Å². The number of carbonyl (C=O) groups is 1. The van der Waals surface area contributed by atoms with E-state index >= 15 is 0 Å². The molecule has 1 atom stereocenters. The highest BCUT2D eigenvalue weighted by Crippen LogP contribution is 2.20. The Balaban J connectivity index is 2.86. The Morgan fingerprint density at radius 2 is 2.33 bits per heavy atom. The summed E-state index contributed by atoms with van der Waals surface area (Å²) >= 11 is 0.767. The topological polar surface area (TPSA) is 106 Å². The third-order valence-electron chi connectivity index (χ3n) is 1.91. The van der Waals surface area contributed by atoms with Crippen LogP contribution in [-0.2, 0) is 14.8 Å². The number of aromatic nitrogens is 1. The van der Waals surface area contributed by atoms with Crippen LogP contribution < -0.4 is 4.72 Å². The average molecular weight is 294 g/mol. The first-order valence-electron chi connectivity index (χ1n) is 5.15. The molecule has 0 aliphatic rings. The van der Waals surface area contributed by atoms with Gasteiger partial charge in [0.1, 0.15) is 0 Å². The molecule has 0 aliphatic heterocycles. The molecule has 1 aromatic rings. The first-order chi connectivity index (χ1) is 8.38. The number of hydrogen-bond donors (Lipinski definition) is 2. The van der Waals surface area contributed by atoms with Gasteiger partial charge in [0.2, 0.25) is 0 Å². The molecule has 7 nitrogen and oxygen atoms in total. The zero-order valence-corrected chi connectivity index (χ0v) is 11.5. The van der Waals surface area contributed by atoms with Crippen LogP contribution in [0.3, 0.4) is 0 Å². The number of sulfonamides is 1. The number of carboxylic acid groups (broad SMARTS) is 1. The second kappa shape index (κ2) is 6.23. The molecular weight excluding hydrogens is 280 g/mol. The summed E-state index contributed by atoms with van der Waals surface area (Å²) in [5.41, 5.74) is 0.724. The van der Waals surface area contributed by atoms with Crippen LogP contribution in [0.5, 0.6) is 0 Å². The summed E-state index contributed by atoms with van der Waals surface area (Å²) in [5, 5.41) is 8.82. The highest BCUT2D eigenvalue weighted by Gasteiger charge is 2.26. The van der Waals surface area contributed by atoms with Gasteiger partial charge in [-0.25, -0.2) is 22.9 Å². The fourth-order valence-electron chi connectivity index (χ4n) is 1.22. The van der Waals surface area contributed by atoms with Gasteiger partial charge in [-0.3, -0.25) is 0 Å². The van der Waals surface area contributed by atoms with Gasteiger partial charge in [0.15, 0.2) is 9.90 Å². The number of carboxylic acids is 1. The lowest BCUT2D eigenvalue weighted by molar-refractivity contribution is 0.0687. The van der Waals surface area contributed by atoms with E-state index in [-0.39, 0.29) is 10.8 Å². The van der Waals surface area contributed by atoms with Crippen LogP contribution in [0.15, 0.2) is 9.72 Å². The molecule has 1 heterocycles. The molecular formula is C9H14N2O5S2. The lowest BCUT2D eigenvalue weighted by Crippen LogP contribution is -2.36. The van der Waals surface area contributed by atoms with E-state index in [2.05, 4.69) is 9.71 Å². The summed E-state index contributed by atoms with van der Waals surface area (Å²) < 4.78 is 31.0. The summed E-state index contributed by atoms with van der Waals surface area (Å²) in [7, 11) is -3.88. The minimum atomic E-state index is -3.88. The van der Waals surface area contributed by atoms with Crippen LogP contribution in [0.4, 0.5) is 0 Å². The number of hydrogen-bond acceptors (Lipinski definition) is 6. The number of thiazole rings is 1. The second-order valence-corrected chi connectivity index (χ2v) is 6.24. The Morgan fingerprint density at radius 1 is 1.67 bits per heavy atom. The van der Waals surface area contributed by atoms with Crippen LogP contribution >= 0.6 is 11.3 Å². The predicted molar refractivity (Wildman–Crippen MR) is 65.3 cm³/mol. The van der Waals surface area contributed by atoms with Crippen molar-refractivity contribution in [1.29, 1.82) is 0 Å². The fraction of sp³-hybridized carbons (Fsp3) is 0.556. The predicted octanol–water partition coefficient (Wildman–Crippen LogP) is 0.545. The van der Waals surface area contributed by atoms with Crippen LogP contribution in [0.1, 0.15) is 24.3 Å². The molecule has 0 saturated carbocycles. The maximum Gasteiger partial charge on any atom is 0.356 e. The Hall–Kier alpha value is -1.03. The highest BCUT2D eigenvalue weighted by molar-refractivity contribution is 7.91. The van der Waals surface area contributed by atoms with E-state index in [0.29, 0.717) is 6.61 Å². The van der Waals surface area contributed by atoms with Crippen molar-refractivity contribution >= 4 is 27.3 Å². The van der Waals surface area contributed by atoms with Gasteiger partial charge < -0.3 is 9.84 Å². The molecule has 0 fully saturated rings. The lowest BCUT2D eigenvalue weighted by atomic mass is 10.4. The molecule has 0 aliphatic carbocycles. The average Bonchev–Trinajstić information content (AvgIpc) is 2.75. The Morgan fingerprint density at radius 3 is 2.89 bits per heavy atom. The van der Waals surface area contributed by atoms with Gasteiger partial charge in [0.25, 0.3) is 10.0 Å². The quantitative estimate of drug-likeness (QED) is 0.760. The molecule has 9 heteroatoms. The Bertz CT molecular complexity index is 511. The van der Waals surface area contributed by atoms with Gasteiger partial charge in [-0.15, -0.1) is 11.3 Å². The van der Waals surface area contributed by atoms with Gasteiger partial charge in [-0.05, 0) is 13.8 Å². The standard InChI is InChI=1S/C9H14N2O5S2/c1-3-16-4-6(2)11-18(14,15)9-7(8(12)13)10-5-17-9/h5-6,11H,3-4H2,1-2H3,(H,12,13).